The van der Waals surface area contributed by atoms with Gasteiger partial charge in [-0.05, 0) is 37.6 Å². The fourth-order valence-corrected chi connectivity index (χ4v) is 2.07. The fraction of sp³-hybridized carbons (Fsp3) is 0.278. The van der Waals surface area contributed by atoms with Gasteiger partial charge in [0.25, 0.3) is 0 Å². The third-order valence-electron chi connectivity index (χ3n) is 3.35. The zero-order valence-electron chi connectivity index (χ0n) is 13.4. The van der Waals surface area contributed by atoms with Crippen LogP contribution in [0.1, 0.15) is 43.5 Å². The predicted molar refractivity (Wildman–Crippen MR) is 92.1 cm³/mol. The first-order valence-corrected chi connectivity index (χ1v) is 7.72. The molecule has 5 nitrogen and oxygen atoms in total. The Morgan fingerprint density at radius 3 is 2.61 bits per heavy atom. The lowest BCUT2D eigenvalue weighted by atomic mass is 10.1. The maximum absolute atomic E-state index is 11.6. The highest BCUT2D eigenvalue weighted by Gasteiger charge is 2.04. The molecule has 1 aromatic heterocycles. The van der Waals surface area contributed by atoms with Crippen molar-refractivity contribution in [2.45, 2.75) is 33.1 Å². The van der Waals surface area contributed by atoms with Crippen LogP contribution in [0.2, 0.25) is 0 Å². The van der Waals surface area contributed by atoms with Gasteiger partial charge < -0.3 is 10.6 Å². The summed E-state index contributed by atoms with van der Waals surface area (Å²) in [6, 6.07) is 10.9. The summed E-state index contributed by atoms with van der Waals surface area (Å²) >= 11 is 0. The molecule has 0 fully saturated rings. The summed E-state index contributed by atoms with van der Waals surface area (Å²) in [4.78, 5) is 27.3. The van der Waals surface area contributed by atoms with E-state index in [4.69, 9.17) is 0 Å². The van der Waals surface area contributed by atoms with Crippen molar-refractivity contribution in [2.24, 2.45) is 0 Å². The van der Waals surface area contributed by atoms with E-state index in [1.165, 1.54) is 6.92 Å². The Morgan fingerprint density at radius 2 is 1.96 bits per heavy atom. The van der Waals surface area contributed by atoms with Crippen LogP contribution >= 0.6 is 0 Å². The van der Waals surface area contributed by atoms with Crippen molar-refractivity contribution >= 4 is 28.9 Å². The highest BCUT2D eigenvalue weighted by Crippen LogP contribution is 2.18. The normalized spacial score (nSPS) is 10.2. The maximum atomic E-state index is 11.6. The molecule has 0 atom stereocenters. The van der Waals surface area contributed by atoms with Crippen molar-refractivity contribution in [1.29, 1.82) is 0 Å². The van der Waals surface area contributed by atoms with E-state index in [2.05, 4.69) is 15.6 Å². The van der Waals surface area contributed by atoms with Crippen LogP contribution in [0.5, 0.6) is 0 Å². The molecule has 2 rings (SSSR count). The quantitative estimate of drug-likeness (QED) is 0.753. The molecule has 0 saturated carbocycles. The van der Waals surface area contributed by atoms with Crippen LogP contribution in [0.3, 0.4) is 0 Å². The summed E-state index contributed by atoms with van der Waals surface area (Å²) in [5.41, 5.74) is 2.26. The van der Waals surface area contributed by atoms with Gasteiger partial charge in [-0.1, -0.05) is 25.5 Å². The minimum atomic E-state index is -0.0192. The number of Topliss-reactive ketones (excluding diaryl/α,β-unsaturated/α-hetero) is 1. The third-order valence-corrected chi connectivity index (χ3v) is 3.35. The number of benzene rings is 1. The Balaban J connectivity index is 1.98. The topological polar surface area (TPSA) is 71.1 Å². The number of hydrogen-bond donors (Lipinski definition) is 2. The maximum Gasteiger partial charge on any atom is 0.225 e. The average Bonchev–Trinajstić information content (AvgIpc) is 2.55. The van der Waals surface area contributed by atoms with Crippen LogP contribution in [0.4, 0.5) is 17.2 Å². The molecule has 5 heteroatoms. The molecule has 23 heavy (non-hydrogen) atoms. The fourth-order valence-electron chi connectivity index (χ4n) is 2.07. The highest BCUT2D eigenvalue weighted by atomic mass is 16.1. The summed E-state index contributed by atoms with van der Waals surface area (Å²) < 4.78 is 0. The second kappa shape index (κ2) is 8.08. The van der Waals surface area contributed by atoms with Crippen molar-refractivity contribution in [2.75, 3.05) is 10.6 Å². The van der Waals surface area contributed by atoms with Gasteiger partial charge in [0.05, 0.1) is 11.9 Å². The van der Waals surface area contributed by atoms with Gasteiger partial charge in [0.15, 0.2) is 5.78 Å². The zero-order valence-corrected chi connectivity index (χ0v) is 13.4. The van der Waals surface area contributed by atoms with Gasteiger partial charge in [0.1, 0.15) is 5.82 Å². The average molecular weight is 311 g/mol. The first-order valence-electron chi connectivity index (χ1n) is 7.72. The summed E-state index contributed by atoms with van der Waals surface area (Å²) in [5.74, 6) is 0.542. The van der Waals surface area contributed by atoms with E-state index in [1.54, 1.807) is 24.4 Å². The lowest BCUT2D eigenvalue weighted by Crippen LogP contribution is -2.12. The van der Waals surface area contributed by atoms with Crippen molar-refractivity contribution in [3.05, 3.63) is 48.2 Å². The van der Waals surface area contributed by atoms with E-state index in [-0.39, 0.29) is 11.7 Å². The van der Waals surface area contributed by atoms with E-state index in [0.717, 1.165) is 24.2 Å². The SMILES string of the molecule is CCCCC(=O)Nc1ccc(Nc2cccc(C(C)=O)c2)cn1. The molecule has 2 N–H and O–H groups in total. The Morgan fingerprint density at radius 1 is 1.13 bits per heavy atom. The van der Waals surface area contributed by atoms with Crippen molar-refractivity contribution in [3.8, 4) is 0 Å². The number of unbranched alkanes of at least 4 members (excludes halogenated alkanes) is 1. The second-order valence-corrected chi connectivity index (χ2v) is 5.35. The summed E-state index contributed by atoms with van der Waals surface area (Å²) in [6.45, 7) is 3.59. The number of anilines is 3. The monoisotopic (exact) mass is 311 g/mol. The van der Waals surface area contributed by atoms with Crippen LogP contribution in [0.15, 0.2) is 42.6 Å². The summed E-state index contributed by atoms with van der Waals surface area (Å²) in [6.07, 6.45) is 4.02. The summed E-state index contributed by atoms with van der Waals surface area (Å²) in [7, 11) is 0. The van der Waals surface area contributed by atoms with Crippen LogP contribution in [-0.4, -0.2) is 16.7 Å². The number of pyridine rings is 1. The van der Waals surface area contributed by atoms with Crippen molar-refractivity contribution in [1.82, 2.24) is 4.98 Å². The third kappa shape index (κ3) is 5.21. The van der Waals surface area contributed by atoms with E-state index in [9.17, 15) is 9.59 Å². The molecule has 2 aromatic rings. The number of carbonyl (C=O) groups excluding carboxylic acids is 2. The molecule has 0 saturated heterocycles. The number of aromatic nitrogens is 1. The van der Waals surface area contributed by atoms with E-state index in [1.807, 2.05) is 25.1 Å². The minimum Gasteiger partial charge on any atom is -0.354 e. The molecule has 0 aliphatic heterocycles. The van der Waals surface area contributed by atoms with Crippen LogP contribution in [0, 0.1) is 0 Å². The second-order valence-electron chi connectivity index (χ2n) is 5.35. The lowest BCUT2D eigenvalue weighted by Gasteiger charge is -2.08. The summed E-state index contributed by atoms with van der Waals surface area (Å²) in [5, 5.41) is 5.96. The minimum absolute atomic E-state index is 0.0192. The molecular weight excluding hydrogens is 290 g/mol. The van der Waals surface area contributed by atoms with E-state index in [0.29, 0.717) is 17.8 Å². The van der Waals surface area contributed by atoms with Crippen molar-refractivity contribution < 1.29 is 9.59 Å². The van der Waals surface area contributed by atoms with Gasteiger partial charge in [0, 0.05) is 17.7 Å². The van der Waals surface area contributed by atoms with Gasteiger partial charge in [-0.3, -0.25) is 9.59 Å². The lowest BCUT2D eigenvalue weighted by molar-refractivity contribution is -0.116. The Bertz CT molecular complexity index is 681. The number of hydrogen-bond acceptors (Lipinski definition) is 4. The number of nitrogens with one attached hydrogen (secondary N) is 2. The van der Waals surface area contributed by atoms with Crippen LogP contribution in [0.25, 0.3) is 0 Å². The molecule has 0 spiro atoms. The molecule has 1 aromatic carbocycles. The molecule has 1 heterocycles. The number of nitrogens with zero attached hydrogens (tertiary/aromatic N) is 1. The molecule has 1 amide bonds. The highest BCUT2D eigenvalue weighted by molar-refractivity contribution is 5.95. The van der Waals surface area contributed by atoms with Crippen LogP contribution in [-0.2, 0) is 4.79 Å². The largest absolute Gasteiger partial charge is 0.354 e. The van der Waals surface area contributed by atoms with E-state index >= 15 is 0 Å². The number of ketones is 1. The first kappa shape index (κ1) is 16.7. The molecular formula is C18H21N3O2. The Hall–Kier alpha value is -2.69. The van der Waals surface area contributed by atoms with Gasteiger partial charge in [-0.15, -0.1) is 0 Å². The molecule has 0 unspecified atom stereocenters. The molecule has 0 bridgehead atoms. The van der Waals surface area contributed by atoms with Gasteiger partial charge in [0.2, 0.25) is 5.91 Å². The van der Waals surface area contributed by atoms with Gasteiger partial charge >= 0.3 is 0 Å². The molecule has 0 radical (unpaired) electrons. The standard InChI is InChI=1S/C18H21N3O2/c1-3-4-8-18(23)21-17-10-9-16(12-19-17)20-15-7-5-6-14(11-15)13(2)22/h5-7,9-12,20H,3-4,8H2,1-2H3,(H,19,21,23). The molecule has 0 aliphatic carbocycles. The van der Waals surface area contributed by atoms with Gasteiger partial charge in [-0.2, -0.15) is 0 Å². The first-order chi connectivity index (χ1) is 11.1. The smallest absolute Gasteiger partial charge is 0.225 e. The molecule has 0 aliphatic rings. The zero-order chi connectivity index (χ0) is 16.7. The Labute approximate surface area is 136 Å². The number of carbonyl (C=O) groups is 2. The van der Waals surface area contributed by atoms with E-state index < -0.39 is 0 Å². The molecule has 120 valence electrons. The van der Waals surface area contributed by atoms with Crippen LogP contribution < -0.4 is 10.6 Å². The van der Waals surface area contributed by atoms with Crippen molar-refractivity contribution in [3.63, 3.8) is 0 Å². The predicted octanol–water partition coefficient (Wildman–Crippen LogP) is 4.16. The number of amides is 1. The Kier molecular flexibility index (Phi) is 5.86. The van der Waals surface area contributed by atoms with Gasteiger partial charge in [-0.25, -0.2) is 4.98 Å². The number of rotatable bonds is 7.